The molecule has 0 spiro atoms. The Morgan fingerprint density at radius 1 is 1.05 bits per heavy atom. The zero-order chi connectivity index (χ0) is 14.4. The Kier molecular flexibility index (Phi) is 3.13. The molecule has 1 N–H and O–H groups in total. The highest BCUT2D eigenvalue weighted by Gasteiger charge is 2.12. The predicted octanol–water partition coefficient (Wildman–Crippen LogP) is 5.06. The highest BCUT2D eigenvalue weighted by molar-refractivity contribution is 9.10. The Morgan fingerprint density at radius 2 is 1.70 bits per heavy atom. The van der Waals surface area contributed by atoms with Crippen molar-refractivity contribution in [2.75, 3.05) is 0 Å². The van der Waals surface area contributed by atoms with Crippen molar-refractivity contribution in [2.45, 2.75) is 20.8 Å². The number of hydrogen-bond donors (Lipinski definition) is 1. The molecule has 2 nitrogen and oxygen atoms in total. The Balaban J connectivity index is 2.25. The zero-order valence-electron chi connectivity index (χ0n) is 11.5. The van der Waals surface area contributed by atoms with Crippen LogP contribution in [-0.4, -0.2) is 9.97 Å². The van der Waals surface area contributed by atoms with Crippen LogP contribution in [0.25, 0.3) is 22.4 Å². The van der Waals surface area contributed by atoms with E-state index in [-0.39, 0.29) is 5.82 Å². The summed E-state index contributed by atoms with van der Waals surface area (Å²) < 4.78 is 14.0. The van der Waals surface area contributed by atoms with E-state index in [1.807, 2.05) is 0 Å². The van der Waals surface area contributed by atoms with E-state index in [1.165, 1.54) is 22.8 Å². The molecule has 2 aromatic carbocycles. The fourth-order valence-electron chi connectivity index (χ4n) is 2.68. The number of aryl methyl sites for hydroxylation is 3. The van der Waals surface area contributed by atoms with Crippen molar-refractivity contribution in [1.29, 1.82) is 0 Å². The van der Waals surface area contributed by atoms with Gasteiger partial charge >= 0.3 is 0 Å². The smallest absolute Gasteiger partial charge is 0.139 e. The molecule has 1 heterocycles. The summed E-state index contributed by atoms with van der Waals surface area (Å²) >= 11 is 3.19. The van der Waals surface area contributed by atoms with Gasteiger partial charge in [0.15, 0.2) is 0 Å². The maximum Gasteiger partial charge on any atom is 0.139 e. The normalized spacial score (nSPS) is 11.2. The lowest BCUT2D eigenvalue weighted by Crippen LogP contribution is -1.91. The van der Waals surface area contributed by atoms with Crippen molar-refractivity contribution < 1.29 is 4.39 Å². The van der Waals surface area contributed by atoms with Gasteiger partial charge in [0.05, 0.1) is 15.5 Å². The molecule has 0 fully saturated rings. The first-order valence-corrected chi connectivity index (χ1v) is 7.18. The minimum atomic E-state index is -0.287. The highest BCUT2D eigenvalue weighted by atomic mass is 79.9. The first-order chi connectivity index (χ1) is 9.45. The van der Waals surface area contributed by atoms with Crippen molar-refractivity contribution >= 4 is 27.0 Å². The van der Waals surface area contributed by atoms with Gasteiger partial charge in [-0.05, 0) is 53.9 Å². The van der Waals surface area contributed by atoms with E-state index in [4.69, 9.17) is 0 Å². The Hall–Kier alpha value is -1.68. The van der Waals surface area contributed by atoms with Crippen LogP contribution in [0.5, 0.6) is 0 Å². The van der Waals surface area contributed by atoms with Crippen LogP contribution in [0.1, 0.15) is 16.7 Å². The molecule has 0 unspecified atom stereocenters. The van der Waals surface area contributed by atoms with E-state index in [0.717, 1.165) is 16.9 Å². The fourth-order valence-corrected chi connectivity index (χ4v) is 3.01. The van der Waals surface area contributed by atoms with Gasteiger partial charge in [0.25, 0.3) is 0 Å². The Labute approximate surface area is 125 Å². The summed E-state index contributed by atoms with van der Waals surface area (Å²) in [5.41, 5.74) is 6.12. The summed E-state index contributed by atoms with van der Waals surface area (Å²) in [6.45, 7) is 6.22. The molecule has 3 aromatic rings. The van der Waals surface area contributed by atoms with E-state index in [1.54, 1.807) is 6.07 Å². The minimum Gasteiger partial charge on any atom is -0.338 e. The molecule has 0 amide bonds. The number of nitrogens with zero attached hydrogens (tertiary/aromatic N) is 1. The predicted molar refractivity (Wildman–Crippen MR) is 83.4 cm³/mol. The summed E-state index contributed by atoms with van der Waals surface area (Å²) in [5, 5.41) is 0. The first-order valence-electron chi connectivity index (χ1n) is 6.38. The van der Waals surface area contributed by atoms with Gasteiger partial charge in [-0.15, -0.1) is 0 Å². The summed E-state index contributed by atoms with van der Waals surface area (Å²) in [6, 6.07) is 7.43. The van der Waals surface area contributed by atoms with Gasteiger partial charge in [-0.1, -0.05) is 17.7 Å². The van der Waals surface area contributed by atoms with E-state index >= 15 is 0 Å². The third-order valence-electron chi connectivity index (χ3n) is 3.44. The molecule has 102 valence electrons. The molecular formula is C16H14BrFN2. The molecule has 0 saturated carbocycles. The minimum absolute atomic E-state index is 0.287. The topological polar surface area (TPSA) is 28.7 Å². The summed E-state index contributed by atoms with van der Waals surface area (Å²) in [4.78, 5) is 7.79. The fraction of sp³-hybridized carbons (Fsp3) is 0.188. The van der Waals surface area contributed by atoms with E-state index in [9.17, 15) is 4.39 Å². The van der Waals surface area contributed by atoms with Crippen LogP contribution in [0.15, 0.2) is 28.7 Å². The second-order valence-electron chi connectivity index (χ2n) is 5.14. The van der Waals surface area contributed by atoms with Crippen LogP contribution in [0.2, 0.25) is 0 Å². The number of aromatic amines is 1. The van der Waals surface area contributed by atoms with E-state index in [2.05, 4.69) is 58.8 Å². The molecule has 0 aliphatic rings. The molecule has 0 bridgehead atoms. The van der Waals surface area contributed by atoms with Gasteiger partial charge in [0.1, 0.15) is 11.6 Å². The number of benzene rings is 2. The number of aromatic nitrogens is 2. The lowest BCUT2D eigenvalue weighted by molar-refractivity contribution is 0.623. The molecule has 0 saturated heterocycles. The molecule has 3 rings (SSSR count). The summed E-state index contributed by atoms with van der Waals surface area (Å²) in [6.07, 6.45) is 0. The van der Waals surface area contributed by atoms with E-state index in [0.29, 0.717) is 9.99 Å². The second kappa shape index (κ2) is 4.70. The van der Waals surface area contributed by atoms with Crippen LogP contribution in [0.4, 0.5) is 4.39 Å². The molecule has 0 atom stereocenters. The molecule has 20 heavy (non-hydrogen) atoms. The summed E-state index contributed by atoms with van der Waals surface area (Å²) in [5.74, 6) is 0.498. The van der Waals surface area contributed by atoms with Crippen LogP contribution in [0, 0.1) is 26.6 Å². The number of H-pyrrole nitrogens is 1. The van der Waals surface area contributed by atoms with Crippen LogP contribution < -0.4 is 0 Å². The van der Waals surface area contributed by atoms with Crippen LogP contribution in [-0.2, 0) is 0 Å². The molecule has 4 heteroatoms. The quantitative estimate of drug-likeness (QED) is 0.663. The largest absolute Gasteiger partial charge is 0.338 e. The van der Waals surface area contributed by atoms with Gasteiger partial charge in [0, 0.05) is 11.6 Å². The van der Waals surface area contributed by atoms with Crippen molar-refractivity contribution in [3.05, 3.63) is 51.2 Å². The van der Waals surface area contributed by atoms with Crippen molar-refractivity contribution in [3.8, 4) is 11.4 Å². The maximum absolute atomic E-state index is 13.6. The maximum atomic E-state index is 13.6. The van der Waals surface area contributed by atoms with E-state index < -0.39 is 0 Å². The monoisotopic (exact) mass is 332 g/mol. The Morgan fingerprint density at radius 3 is 2.35 bits per heavy atom. The molecule has 0 aliphatic heterocycles. The second-order valence-corrected chi connectivity index (χ2v) is 6.00. The zero-order valence-corrected chi connectivity index (χ0v) is 13.1. The van der Waals surface area contributed by atoms with Crippen molar-refractivity contribution in [2.24, 2.45) is 0 Å². The first kappa shape index (κ1) is 13.3. The molecular weight excluding hydrogens is 319 g/mol. The van der Waals surface area contributed by atoms with Crippen molar-refractivity contribution in [1.82, 2.24) is 9.97 Å². The van der Waals surface area contributed by atoms with Gasteiger partial charge < -0.3 is 4.98 Å². The number of halogens is 2. The SMILES string of the molecule is Cc1cc(C)c(-c2nc3cc(Br)c(F)cc3[nH]2)c(C)c1. The Bertz CT molecular complexity index is 759. The van der Waals surface area contributed by atoms with Gasteiger partial charge in [-0.3, -0.25) is 0 Å². The van der Waals surface area contributed by atoms with Gasteiger partial charge in [-0.25, -0.2) is 9.37 Å². The average Bonchev–Trinajstić information content (AvgIpc) is 2.70. The lowest BCUT2D eigenvalue weighted by Gasteiger charge is -2.08. The number of fused-ring (bicyclic) bond motifs is 1. The number of rotatable bonds is 1. The summed E-state index contributed by atoms with van der Waals surface area (Å²) in [7, 11) is 0. The standard InChI is InChI=1S/C16H14BrFN2/c1-8-4-9(2)15(10(3)5-8)16-19-13-6-11(17)12(18)7-14(13)20-16/h4-7H,1-3H3,(H,19,20). The number of imidazole rings is 1. The van der Waals surface area contributed by atoms with Crippen LogP contribution in [0.3, 0.4) is 0 Å². The molecule has 1 aromatic heterocycles. The number of hydrogen-bond acceptors (Lipinski definition) is 1. The van der Waals surface area contributed by atoms with Crippen molar-refractivity contribution in [3.63, 3.8) is 0 Å². The lowest BCUT2D eigenvalue weighted by atomic mass is 9.99. The average molecular weight is 333 g/mol. The van der Waals surface area contributed by atoms with Crippen LogP contribution >= 0.6 is 15.9 Å². The third-order valence-corrected chi connectivity index (χ3v) is 4.05. The highest BCUT2D eigenvalue weighted by Crippen LogP contribution is 2.29. The third kappa shape index (κ3) is 2.14. The van der Waals surface area contributed by atoms with Gasteiger partial charge in [-0.2, -0.15) is 0 Å². The molecule has 0 aliphatic carbocycles. The number of nitrogens with one attached hydrogen (secondary N) is 1. The molecule has 0 radical (unpaired) electrons. The van der Waals surface area contributed by atoms with Gasteiger partial charge in [0.2, 0.25) is 0 Å².